The third-order valence-corrected chi connectivity index (χ3v) is 6.54. The topological polar surface area (TPSA) is 79.6 Å². The summed E-state index contributed by atoms with van der Waals surface area (Å²) >= 11 is 0. The van der Waals surface area contributed by atoms with Crippen molar-refractivity contribution in [3.8, 4) is 0 Å². The molecule has 1 aromatic carbocycles. The molecule has 0 aliphatic carbocycles. The normalized spacial score (nSPS) is 16.0. The Kier molecular flexibility index (Phi) is 6.06. The van der Waals surface area contributed by atoms with E-state index in [1.807, 2.05) is 18.2 Å². The van der Waals surface area contributed by atoms with Gasteiger partial charge in [-0.2, -0.15) is 4.39 Å². The second kappa shape index (κ2) is 9.19. The lowest BCUT2D eigenvalue weighted by atomic mass is 9.84. The summed E-state index contributed by atoms with van der Waals surface area (Å²) in [6, 6.07) is 13.7. The third kappa shape index (κ3) is 5.07. The quantitative estimate of drug-likeness (QED) is 0.444. The minimum Gasteiger partial charge on any atom is -0.347 e. The van der Waals surface area contributed by atoms with Crippen molar-refractivity contribution in [3.63, 3.8) is 0 Å². The molecular weight excluding hydrogens is 445 g/mol. The molecule has 5 rings (SSSR count). The molecule has 35 heavy (non-hydrogen) atoms. The third-order valence-electron chi connectivity index (χ3n) is 6.54. The SMILES string of the molecule is CC1(C)CCCN(Cc2cc3cc(CNC(=O)c4cc(=O)n5ccccc5n4)ccc3nc2F)C1. The van der Waals surface area contributed by atoms with Gasteiger partial charge in [-0.1, -0.05) is 26.0 Å². The molecule has 0 saturated carbocycles. The zero-order chi connectivity index (χ0) is 24.6. The van der Waals surface area contributed by atoms with Crippen LogP contribution in [0.1, 0.15) is 48.3 Å². The minimum atomic E-state index is -0.435. The van der Waals surface area contributed by atoms with Gasteiger partial charge in [0.1, 0.15) is 11.3 Å². The molecule has 3 aromatic heterocycles. The van der Waals surface area contributed by atoms with E-state index in [1.54, 1.807) is 30.5 Å². The van der Waals surface area contributed by atoms with Gasteiger partial charge in [0.15, 0.2) is 0 Å². The Morgan fingerprint density at radius 2 is 2.00 bits per heavy atom. The maximum Gasteiger partial charge on any atom is 0.270 e. The Morgan fingerprint density at radius 1 is 1.14 bits per heavy atom. The highest BCUT2D eigenvalue weighted by Gasteiger charge is 2.27. The summed E-state index contributed by atoms with van der Waals surface area (Å²) in [6.07, 6.45) is 3.90. The van der Waals surface area contributed by atoms with Crippen LogP contribution in [0.4, 0.5) is 4.39 Å². The van der Waals surface area contributed by atoms with Crippen LogP contribution < -0.4 is 10.9 Å². The molecule has 1 N–H and O–H groups in total. The van der Waals surface area contributed by atoms with Crippen LogP contribution in [0, 0.1) is 11.4 Å². The van der Waals surface area contributed by atoms with Crippen molar-refractivity contribution < 1.29 is 9.18 Å². The minimum absolute atomic E-state index is 0.0671. The molecule has 1 aliphatic rings. The van der Waals surface area contributed by atoms with E-state index in [1.165, 1.54) is 16.9 Å². The molecule has 180 valence electrons. The Labute approximate surface area is 202 Å². The second-order valence-corrected chi connectivity index (χ2v) is 10.0. The van der Waals surface area contributed by atoms with Gasteiger partial charge in [0, 0.05) is 42.8 Å². The number of aromatic nitrogens is 3. The summed E-state index contributed by atoms with van der Waals surface area (Å²) in [5.41, 5.74) is 2.40. The molecule has 0 radical (unpaired) electrons. The Hall–Kier alpha value is -3.65. The van der Waals surface area contributed by atoms with Gasteiger partial charge in [0.2, 0.25) is 5.95 Å². The summed E-state index contributed by atoms with van der Waals surface area (Å²) in [5.74, 6) is -0.866. The monoisotopic (exact) mass is 473 g/mol. The number of fused-ring (bicyclic) bond motifs is 2. The first kappa shape index (κ1) is 23.1. The predicted molar refractivity (Wildman–Crippen MR) is 133 cm³/mol. The molecule has 0 spiro atoms. The smallest absolute Gasteiger partial charge is 0.270 e. The van der Waals surface area contributed by atoms with E-state index in [-0.39, 0.29) is 23.2 Å². The molecule has 1 fully saturated rings. The van der Waals surface area contributed by atoms with E-state index in [2.05, 4.69) is 34.0 Å². The van der Waals surface area contributed by atoms with Gasteiger partial charge < -0.3 is 5.32 Å². The highest BCUT2D eigenvalue weighted by molar-refractivity contribution is 5.92. The van der Waals surface area contributed by atoms with Gasteiger partial charge >= 0.3 is 0 Å². The Balaban J connectivity index is 1.32. The molecule has 7 nitrogen and oxygen atoms in total. The van der Waals surface area contributed by atoms with Gasteiger partial charge in [-0.05, 0) is 60.7 Å². The van der Waals surface area contributed by atoms with Gasteiger partial charge in [-0.3, -0.25) is 18.9 Å². The maximum atomic E-state index is 14.7. The second-order valence-electron chi connectivity index (χ2n) is 10.0. The number of benzene rings is 1. The average molecular weight is 474 g/mol. The van der Waals surface area contributed by atoms with Crippen LogP contribution >= 0.6 is 0 Å². The first-order chi connectivity index (χ1) is 16.8. The molecule has 8 heteroatoms. The zero-order valence-electron chi connectivity index (χ0n) is 19.9. The van der Waals surface area contributed by atoms with Crippen molar-refractivity contribution in [3.05, 3.63) is 87.9 Å². The van der Waals surface area contributed by atoms with Crippen molar-refractivity contribution in [1.82, 2.24) is 24.6 Å². The average Bonchev–Trinajstić information content (AvgIpc) is 2.82. The van der Waals surface area contributed by atoms with Crippen molar-refractivity contribution in [2.24, 2.45) is 5.41 Å². The number of likely N-dealkylation sites (tertiary alicyclic amines) is 1. The van der Waals surface area contributed by atoms with E-state index in [0.29, 0.717) is 23.3 Å². The lowest BCUT2D eigenvalue weighted by Crippen LogP contribution is -2.39. The maximum absolute atomic E-state index is 14.7. The van der Waals surface area contributed by atoms with E-state index in [9.17, 15) is 14.0 Å². The molecule has 0 atom stereocenters. The number of rotatable bonds is 5. The summed E-state index contributed by atoms with van der Waals surface area (Å²) in [6.45, 7) is 7.17. The van der Waals surface area contributed by atoms with E-state index in [4.69, 9.17) is 0 Å². The first-order valence-electron chi connectivity index (χ1n) is 11.8. The van der Waals surface area contributed by atoms with Gasteiger partial charge in [0.25, 0.3) is 11.5 Å². The molecule has 4 heterocycles. The lowest BCUT2D eigenvalue weighted by molar-refractivity contribution is 0.0946. The number of hydrogen-bond acceptors (Lipinski definition) is 5. The number of nitrogens with zero attached hydrogens (tertiary/aromatic N) is 4. The first-order valence-corrected chi connectivity index (χ1v) is 11.8. The van der Waals surface area contributed by atoms with Crippen molar-refractivity contribution in [2.45, 2.75) is 39.8 Å². The molecule has 1 amide bonds. The highest BCUT2D eigenvalue weighted by atomic mass is 19.1. The number of halogens is 1. The van der Waals surface area contributed by atoms with E-state index < -0.39 is 11.9 Å². The van der Waals surface area contributed by atoms with Crippen molar-refractivity contribution in [1.29, 1.82) is 0 Å². The summed E-state index contributed by atoms with van der Waals surface area (Å²) < 4.78 is 16.1. The van der Waals surface area contributed by atoms with Crippen LogP contribution in [-0.2, 0) is 13.1 Å². The fourth-order valence-electron chi connectivity index (χ4n) is 4.83. The summed E-state index contributed by atoms with van der Waals surface area (Å²) in [7, 11) is 0. The fourth-order valence-corrected chi connectivity index (χ4v) is 4.83. The van der Waals surface area contributed by atoms with E-state index in [0.717, 1.165) is 30.5 Å². The number of nitrogens with one attached hydrogen (secondary N) is 1. The van der Waals surface area contributed by atoms with Gasteiger partial charge in [-0.15, -0.1) is 0 Å². The molecule has 0 bridgehead atoms. The Bertz CT molecular complexity index is 1480. The zero-order valence-corrected chi connectivity index (χ0v) is 19.9. The van der Waals surface area contributed by atoms with E-state index >= 15 is 0 Å². The van der Waals surface area contributed by atoms with Crippen molar-refractivity contribution in [2.75, 3.05) is 13.1 Å². The number of carbonyl (C=O) groups excluding carboxylic acids is 1. The van der Waals surface area contributed by atoms with Gasteiger partial charge in [0.05, 0.1) is 5.52 Å². The molecule has 1 saturated heterocycles. The Morgan fingerprint density at radius 3 is 2.83 bits per heavy atom. The van der Waals surface area contributed by atoms with Crippen LogP contribution in [0.15, 0.2) is 59.5 Å². The van der Waals surface area contributed by atoms with Gasteiger partial charge in [-0.25, -0.2) is 9.97 Å². The molecule has 4 aromatic rings. The predicted octanol–water partition coefficient (Wildman–Crippen LogP) is 3.93. The summed E-state index contributed by atoms with van der Waals surface area (Å²) in [4.78, 5) is 35.7. The molecule has 0 unspecified atom stereocenters. The standard InChI is InChI=1S/C27H28FN5O2/c1-27(2)9-5-10-32(17-27)16-20-13-19-12-18(7-8-21(19)31-25(20)28)15-29-26(35)22-14-24(34)33-11-4-3-6-23(33)30-22/h3-4,6-8,11-14H,5,9-10,15-17H2,1-2H3,(H,29,35). The van der Waals surface area contributed by atoms with Crippen LogP contribution in [0.3, 0.4) is 0 Å². The lowest BCUT2D eigenvalue weighted by Gasteiger charge is -2.38. The molecule has 1 aliphatic heterocycles. The van der Waals surface area contributed by atoms with Crippen LogP contribution in [0.2, 0.25) is 0 Å². The van der Waals surface area contributed by atoms with Crippen LogP contribution in [0.25, 0.3) is 16.6 Å². The van der Waals surface area contributed by atoms with Crippen LogP contribution in [-0.4, -0.2) is 38.3 Å². The fraction of sp³-hybridized carbons (Fsp3) is 0.333. The number of hydrogen-bond donors (Lipinski definition) is 1. The molecular formula is C27H28FN5O2. The number of amides is 1. The van der Waals surface area contributed by atoms with Crippen LogP contribution in [0.5, 0.6) is 0 Å². The number of piperidine rings is 1. The highest BCUT2D eigenvalue weighted by Crippen LogP contribution is 2.30. The summed E-state index contributed by atoms with van der Waals surface area (Å²) in [5, 5.41) is 3.65. The largest absolute Gasteiger partial charge is 0.347 e. The number of carbonyl (C=O) groups is 1. The van der Waals surface area contributed by atoms with Crippen molar-refractivity contribution >= 4 is 22.5 Å². The number of pyridine rings is 2.